The van der Waals surface area contributed by atoms with Crippen LogP contribution in [0.25, 0.3) is 82.9 Å². The van der Waals surface area contributed by atoms with Crippen LogP contribution in [0.1, 0.15) is 0 Å². The average Bonchev–Trinajstić information content (AvgIpc) is 3.94. The molecule has 4 heteroatoms. The predicted molar refractivity (Wildman–Crippen MR) is 223 cm³/mol. The van der Waals surface area contributed by atoms with Crippen LogP contribution in [0.3, 0.4) is 0 Å². The van der Waals surface area contributed by atoms with Crippen molar-refractivity contribution >= 4 is 71.8 Å². The first-order chi connectivity index (χ1) is 26.8. The minimum Gasteiger partial charge on any atom is -0.456 e. The van der Waals surface area contributed by atoms with Crippen molar-refractivity contribution in [3.63, 3.8) is 0 Å². The van der Waals surface area contributed by atoms with Crippen LogP contribution in [-0.2, 0) is 0 Å². The summed E-state index contributed by atoms with van der Waals surface area (Å²) in [7, 11) is 0. The fraction of sp³-hybridized carbons (Fsp3) is 0. The molecule has 0 aliphatic heterocycles. The number of hydrogen-bond acceptors (Lipinski definition) is 3. The Morgan fingerprint density at radius 3 is 1.72 bits per heavy atom. The maximum atomic E-state index is 6.53. The third kappa shape index (κ3) is 4.85. The molecule has 11 rings (SSSR count). The van der Waals surface area contributed by atoms with Crippen LogP contribution in [0.5, 0.6) is 0 Å². The SMILES string of the molecule is c1ccc(-c2ccc(N(c3ccc(-c4cc5ccccc5o4)cc3)c3ccc(-n4c5ccccc5c5c6oc7ccccc7c6ccc54)cc3)cc2)cc1. The van der Waals surface area contributed by atoms with E-state index in [9.17, 15) is 0 Å². The number of anilines is 3. The second-order valence-corrected chi connectivity index (χ2v) is 13.7. The van der Waals surface area contributed by atoms with Crippen molar-refractivity contribution in [2.45, 2.75) is 0 Å². The Morgan fingerprint density at radius 2 is 0.981 bits per heavy atom. The summed E-state index contributed by atoms with van der Waals surface area (Å²) >= 11 is 0. The van der Waals surface area contributed by atoms with E-state index in [-0.39, 0.29) is 0 Å². The Labute approximate surface area is 311 Å². The second kappa shape index (κ2) is 12.1. The van der Waals surface area contributed by atoms with Gasteiger partial charge in [0.25, 0.3) is 0 Å². The van der Waals surface area contributed by atoms with Crippen LogP contribution >= 0.6 is 0 Å². The molecule has 4 nitrogen and oxygen atoms in total. The Kier molecular flexibility index (Phi) is 6.82. The van der Waals surface area contributed by atoms with Gasteiger partial charge in [-0.2, -0.15) is 0 Å². The molecule has 3 aromatic heterocycles. The highest BCUT2D eigenvalue weighted by atomic mass is 16.3. The first kappa shape index (κ1) is 30.3. The quantitative estimate of drug-likeness (QED) is 0.174. The average molecular weight is 693 g/mol. The molecule has 8 aromatic carbocycles. The smallest absolute Gasteiger partial charge is 0.145 e. The standard InChI is InChI=1S/C50H32N2O2/c1-2-10-33(11-3-1)34-18-22-37(23-19-34)51(38-24-20-35(21-25-38)48-32-36-12-4-8-16-46(36)53-48)39-26-28-40(29-27-39)52-44-15-7-5-14-43(44)49-45(52)31-30-42-41-13-6-9-17-47(41)54-50(42)49/h1-32H. The Hall–Kier alpha value is -7.30. The van der Waals surface area contributed by atoms with Crippen molar-refractivity contribution in [1.29, 1.82) is 0 Å². The molecule has 0 aliphatic carbocycles. The number of benzene rings is 8. The molecule has 0 saturated heterocycles. The van der Waals surface area contributed by atoms with E-state index >= 15 is 0 Å². The van der Waals surface area contributed by atoms with Crippen molar-refractivity contribution in [2.24, 2.45) is 0 Å². The lowest BCUT2D eigenvalue weighted by Gasteiger charge is -2.26. The van der Waals surface area contributed by atoms with Crippen molar-refractivity contribution in [3.8, 4) is 28.1 Å². The lowest BCUT2D eigenvalue weighted by atomic mass is 10.0. The molecular formula is C50H32N2O2. The van der Waals surface area contributed by atoms with Gasteiger partial charge in [0.2, 0.25) is 0 Å². The number of nitrogens with zero attached hydrogens (tertiary/aromatic N) is 2. The van der Waals surface area contributed by atoms with Gasteiger partial charge in [0.05, 0.1) is 16.4 Å². The topological polar surface area (TPSA) is 34.5 Å². The van der Waals surface area contributed by atoms with E-state index < -0.39 is 0 Å². The molecule has 0 fully saturated rings. The van der Waals surface area contributed by atoms with E-state index in [2.05, 4.69) is 173 Å². The Morgan fingerprint density at radius 1 is 0.389 bits per heavy atom. The molecule has 0 aliphatic rings. The highest BCUT2D eigenvalue weighted by molar-refractivity contribution is 6.23. The van der Waals surface area contributed by atoms with Crippen LogP contribution in [0.2, 0.25) is 0 Å². The normalized spacial score (nSPS) is 11.7. The first-order valence-electron chi connectivity index (χ1n) is 18.3. The summed E-state index contributed by atoms with van der Waals surface area (Å²) in [4.78, 5) is 2.31. The zero-order valence-electron chi connectivity index (χ0n) is 29.2. The summed E-state index contributed by atoms with van der Waals surface area (Å²) < 4.78 is 15.1. The van der Waals surface area contributed by atoms with Crippen molar-refractivity contribution in [3.05, 3.63) is 194 Å². The van der Waals surface area contributed by atoms with Gasteiger partial charge in [0, 0.05) is 49.9 Å². The molecule has 54 heavy (non-hydrogen) atoms. The molecule has 0 N–H and O–H groups in total. The lowest BCUT2D eigenvalue weighted by molar-refractivity contribution is 0.631. The third-order valence-electron chi connectivity index (χ3n) is 10.6. The van der Waals surface area contributed by atoms with Gasteiger partial charge in [-0.1, -0.05) is 97.1 Å². The minimum absolute atomic E-state index is 0.858. The molecule has 0 unspecified atom stereocenters. The number of hydrogen-bond donors (Lipinski definition) is 0. The maximum Gasteiger partial charge on any atom is 0.145 e. The molecule has 0 saturated carbocycles. The predicted octanol–water partition coefficient (Wildman–Crippen LogP) is 14.2. The fourth-order valence-electron chi connectivity index (χ4n) is 8.04. The number of furan rings is 2. The van der Waals surface area contributed by atoms with Gasteiger partial charge in [-0.05, 0) is 108 Å². The van der Waals surface area contributed by atoms with Crippen LogP contribution in [0.4, 0.5) is 17.1 Å². The molecule has 0 amide bonds. The van der Waals surface area contributed by atoms with Crippen LogP contribution < -0.4 is 4.90 Å². The molecule has 0 radical (unpaired) electrons. The molecule has 0 spiro atoms. The van der Waals surface area contributed by atoms with Gasteiger partial charge >= 0.3 is 0 Å². The molecule has 254 valence electrons. The number of aromatic nitrogens is 1. The van der Waals surface area contributed by atoms with E-state index in [4.69, 9.17) is 8.83 Å². The second-order valence-electron chi connectivity index (χ2n) is 13.7. The summed E-state index contributed by atoms with van der Waals surface area (Å²) in [5.74, 6) is 0.858. The van der Waals surface area contributed by atoms with E-state index in [1.54, 1.807) is 0 Å². The van der Waals surface area contributed by atoms with Gasteiger partial charge in [0.15, 0.2) is 0 Å². The van der Waals surface area contributed by atoms with Gasteiger partial charge in [-0.3, -0.25) is 0 Å². The van der Waals surface area contributed by atoms with Crippen LogP contribution in [-0.4, -0.2) is 4.57 Å². The van der Waals surface area contributed by atoms with Crippen molar-refractivity contribution in [2.75, 3.05) is 4.90 Å². The lowest BCUT2D eigenvalue weighted by Crippen LogP contribution is -2.10. The molecule has 3 heterocycles. The van der Waals surface area contributed by atoms with Crippen LogP contribution in [0.15, 0.2) is 203 Å². The summed E-state index contributed by atoms with van der Waals surface area (Å²) in [6, 6.07) is 68.4. The van der Waals surface area contributed by atoms with Gasteiger partial charge in [-0.15, -0.1) is 0 Å². The summed E-state index contributed by atoms with van der Waals surface area (Å²) in [5.41, 5.74) is 12.7. The summed E-state index contributed by atoms with van der Waals surface area (Å²) in [5, 5.41) is 5.68. The largest absolute Gasteiger partial charge is 0.456 e. The van der Waals surface area contributed by atoms with Gasteiger partial charge in [0.1, 0.15) is 22.5 Å². The number of fused-ring (bicyclic) bond motifs is 8. The van der Waals surface area contributed by atoms with E-state index in [1.165, 1.54) is 16.5 Å². The maximum absolute atomic E-state index is 6.53. The zero-order valence-corrected chi connectivity index (χ0v) is 29.2. The van der Waals surface area contributed by atoms with Gasteiger partial charge in [-0.25, -0.2) is 0 Å². The van der Waals surface area contributed by atoms with Crippen LogP contribution in [0, 0.1) is 0 Å². The molecule has 0 atom stereocenters. The highest BCUT2D eigenvalue weighted by Crippen LogP contribution is 2.42. The third-order valence-corrected chi connectivity index (χ3v) is 10.6. The van der Waals surface area contributed by atoms with Gasteiger partial charge < -0.3 is 18.3 Å². The minimum atomic E-state index is 0.858. The van der Waals surface area contributed by atoms with E-state index in [0.717, 1.165) is 83.4 Å². The monoisotopic (exact) mass is 692 g/mol. The van der Waals surface area contributed by atoms with E-state index in [1.807, 2.05) is 30.3 Å². The highest BCUT2D eigenvalue weighted by Gasteiger charge is 2.20. The summed E-state index contributed by atoms with van der Waals surface area (Å²) in [6.45, 7) is 0. The molecule has 11 aromatic rings. The van der Waals surface area contributed by atoms with E-state index in [0.29, 0.717) is 0 Å². The molecular weight excluding hydrogens is 661 g/mol. The summed E-state index contributed by atoms with van der Waals surface area (Å²) in [6.07, 6.45) is 0. The Balaban J connectivity index is 1.03. The Bertz CT molecular complexity index is 3100. The fourth-order valence-corrected chi connectivity index (χ4v) is 8.04. The van der Waals surface area contributed by atoms with Crippen molar-refractivity contribution < 1.29 is 8.83 Å². The number of rotatable bonds is 6. The zero-order chi connectivity index (χ0) is 35.6. The van der Waals surface area contributed by atoms with Crippen molar-refractivity contribution in [1.82, 2.24) is 4.57 Å². The molecule has 0 bridgehead atoms. The first-order valence-corrected chi connectivity index (χ1v) is 18.3. The number of para-hydroxylation sites is 3.